The molecule has 0 aromatic carbocycles. The second-order valence-electron chi connectivity index (χ2n) is 5.39. The van der Waals surface area contributed by atoms with E-state index in [0.29, 0.717) is 29.5 Å². The number of aliphatic imine (C=N–C) groups is 1. The second-order valence-corrected chi connectivity index (χ2v) is 5.39. The molecule has 0 spiro atoms. The van der Waals surface area contributed by atoms with Crippen LogP contribution in [-0.4, -0.2) is 28.2 Å². The van der Waals surface area contributed by atoms with Crippen molar-refractivity contribution in [1.29, 1.82) is 0 Å². The maximum atomic E-state index is 12.4. The summed E-state index contributed by atoms with van der Waals surface area (Å²) >= 11 is 0. The Hall–Kier alpha value is -2.48. The van der Waals surface area contributed by atoms with Gasteiger partial charge in [-0.1, -0.05) is 0 Å². The highest BCUT2D eigenvalue weighted by Gasteiger charge is 2.22. The summed E-state index contributed by atoms with van der Waals surface area (Å²) in [5.41, 5.74) is 18.8. The van der Waals surface area contributed by atoms with Crippen molar-refractivity contribution in [2.24, 2.45) is 16.5 Å². The van der Waals surface area contributed by atoms with E-state index in [-0.39, 0.29) is 11.2 Å². The maximum absolute atomic E-state index is 12.4. The minimum Gasteiger partial charge on any atom is -0.499 e. The van der Waals surface area contributed by atoms with Crippen molar-refractivity contribution >= 4 is 17.2 Å². The predicted molar refractivity (Wildman–Crippen MR) is 84.8 cm³/mol. The number of fused-ring (bicyclic) bond motifs is 1. The van der Waals surface area contributed by atoms with Gasteiger partial charge in [0, 0.05) is 19.2 Å². The standard InChI is InChI=1S/C14H20N6O2/c1-22-11-7-10(8(15)6-9(11)16)18-12-13(17)19-4-2-3-5-20(19)14(12)21/h6-7,9H,2-5,15-17H2,1H3. The van der Waals surface area contributed by atoms with Crippen molar-refractivity contribution in [2.75, 3.05) is 12.8 Å². The molecule has 1 unspecified atom stereocenters. The molecule has 6 N–H and O–H groups in total. The number of ether oxygens (including phenoxy) is 1. The van der Waals surface area contributed by atoms with Crippen LogP contribution in [0.4, 0.5) is 11.5 Å². The Bertz CT molecular complexity index is 752. The molecule has 1 aliphatic heterocycles. The topological polar surface area (TPSA) is 127 Å². The Labute approximate surface area is 127 Å². The lowest BCUT2D eigenvalue weighted by Crippen LogP contribution is -2.29. The number of hydrogen-bond donors (Lipinski definition) is 3. The molecule has 0 saturated carbocycles. The average molecular weight is 304 g/mol. The molecule has 0 amide bonds. The van der Waals surface area contributed by atoms with Crippen molar-refractivity contribution in [3.63, 3.8) is 0 Å². The number of nitrogens with two attached hydrogens (primary N) is 3. The van der Waals surface area contributed by atoms with E-state index in [1.807, 2.05) is 0 Å². The van der Waals surface area contributed by atoms with Gasteiger partial charge in [-0.05, 0) is 18.9 Å². The molecule has 1 aromatic heterocycles. The van der Waals surface area contributed by atoms with E-state index >= 15 is 0 Å². The van der Waals surface area contributed by atoms with E-state index in [2.05, 4.69) is 4.99 Å². The molecule has 22 heavy (non-hydrogen) atoms. The monoisotopic (exact) mass is 304 g/mol. The van der Waals surface area contributed by atoms with Crippen molar-refractivity contribution in [2.45, 2.75) is 32.0 Å². The zero-order valence-electron chi connectivity index (χ0n) is 12.5. The number of nitrogen functional groups attached to an aromatic ring is 1. The average Bonchev–Trinajstić information content (AvgIpc) is 2.75. The van der Waals surface area contributed by atoms with Crippen LogP contribution in [0.5, 0.6) is 0 Å². The smallest absolute Gasteiger partial charge is 0.294 e. The number of anilines is 1. The van der Waals surface area contributed by atoms with E-state index < -0.39 is 6.04 Å². The van der Waals surface area contributed by atoms with Crippen molar-refractivity contribution in [3.05, 3.63) is 34.0 Å². The molecular weight excluding hydrogens is 284 g/mol. The molecule has 2 aliphatic rings. The number of hydrogen-bond acceptors (Lipinski definition) is 6. The second kappa shape index (κ2) is 5.38. The van der Waals surface area contributed by atoms with E-state index in [4.69, 9.17) is 21.9 Å². The lowest BCUT2D eigenvalue weighted by atomic mass is 10.1. The van der Waals surface area contributed by atoms with Crippen LogP contribution in [0.25, 0.3) is 0 Å². The van der Waals surface area contributed by atoms with Crippen LogP contribution in [0.15, 0.2) is 33.4 Å². The maximum Gasteiger partial charge on any atom is 0.294 e. The summed E-state index contributed by atoms with van der Waals surface area (Å²) < 4.78 is 8.61. The van der Waals surface area contributed by atoms with Crippen LogP contribution in [0.1, 0.15) is 12.8 Å². The van der Waals surface area contributed by atoms with E-state index in [1.54, 1.807) is 21.5 Å². The molecule has 8 nitrogen and oxygen atoms in total. The lowest BCUT2D eigenvalue weighted by Gasteiger charge is -2.18. The van der Waals surface area contributed by atoms with E-state index in [9.17, 15) is 4.79 Å². The van der Waals surface area contributed by atoms with Gasteiger partial charge in [-0.15, -0.1) is 0 Å². The first-order chi connectivity index (χ1) is 10.5. The first-order valence-corrected chi connectivity index (χ1v) is 7.19. The number of aromatic nitrogens is 2. The molecule has 1 atom stereocenters. The Morgan fingerprint density at radius 2 is 1.95 bits per heavy atom. The lowest BCUT2D eigenvalue weighted by molar-refractivity contribution is 0.274. The van der Waals surface area contributed by atoms with Crippen molar-refractivity contribution < 1.29 is 4.74 Å². The third-order valence-electron chi connectivity index (χ3n) is 3.97. The minimum absolute atomic E-state index is 0.195. The van der Waals surface area contributed by atoms with Crippen LogP contribution in [0, 0.1) is 0 Å². The van der Waals surface area contributed by atoms with Crippen molar-refractivity contribution in [3.8, 4) is 0 Å². The Kier molecular flexibility index (Phi) is 3.53. The van der Waals surface area contributed by atoms with Gasteiger partial charge in [0.2, 0.25) is 0 Å². The van der Waals surface area contributed by atoms with Crippen LogP contribution in [-0.2, 0) is 17.8 Å². The normalized spacial score (nSPS) is 23.0. The van der Waals surface area contributed by atoms with Crippen LogP contribution < -0.4 is 22.8 Å². The van der Waals surface area contributed by atoms with Gasteiger partial charge in [0.05, 0.1) is 24.6 Å². The van der Waals surface area contributed by atoms with Gasteiger partial charge in [0.25, 0.3) is 5.56 Å². The molecular formula is C14H20N6O2. The summed E-state index contributed by atoms with van der Waals surface area (Å²) in [5, 5.41) is 0. The largest absolute Gasteiger partial charge is 0.499 e. The molecule has 0 saturated heterocycles. The van der Waals surface area contributed by atoms with Gasteiger partial charge >= 0.3 is 0 Å². The number of methoxy groups -OCH3 is 1. The summed E-state index contributed by atoms with van der Waals surface area (Å²) in [7, 11) is 1.53. The summed E-state index contributed by atoms with van der Waals surface area (Å²) in [6, 6.07) is -0.412. The highest BCUT2D eigenvalue weighted by atomic mass is 16.5. The zero-order chi connectivity index (χ0) is 15.9. The molecule has 0 bridgehead atoms. The van der Waals surface area contributed by atoms with Gasteiger partial charge in [-0.2, -0.15) is 0 Å². The Morgan fingerprint density at radius 3 is 2.59 bits per heavy atom. The number of nitrogens with zero attached hydrogens (tertiary/aromatic N) is 3. The molecule has 8 heteroatoms. The third kappa shape index (κ3) is 2.21. The highest BCUT2D eigenvalue weighted by molar-refractivity contribution is 6.10. The predicted octanol–water partition coefficient (Wildman–Crippen LogP) is -0.188. The van der Waals surface area contributed by atoms with Crippen molar-refractivity contribution in [1.82, 2.24) is 9.36 Å². The quantitative estimate of drug-likeness (QED) is 0.698. The van der Waals surface area contributed by atoms with Gasteiger partial charge in [0.15, 0.2) is 11.5 Å². The third-order valence-corrected chi connectivity index (χ3v) is 3.97. The first-order valence-electron chi connectivity index (χ1n) is 7.19. The fourth-order valence-corrected chi connectivity index (χ4v) is 2.77. The molecule has 0 fully saturated rings. The summed E-state index contributed by atoms with van der Waals surface area (Å²) in [6.07, 6.45) is 5.24. The molecule has 2 heterocycles. The molecule has 1 aromatic rings. The van der Waals surface area contributed by atoms with Gasteiger partial charge in [-0.25, -0.2) is 9.67 Å². The Morgan fingerprint density at radius 1 is 1.27 bits per heavy atom. The van der Waals surface area contributed by atoms with E-state index in [0.717, 1.165) is 19.4 Å². The summed E-state index contributed by atoms with van der Waals surface area (Å²) in [4.78, 5) is 16.8. The first kappa shape index (κ1) is 14.5. The summed E-state index contributed by atoms with van der Waals surface area (Å²) in [5.74, 6) is 0.905. The van der Waals surface area contributed by atoms with Gasteiger partial charge in [0.1, 0.15) is 5.76 Å². The SMILES string of the molecule is COC1=CC(=Nc2c(N)n3n(c2=O)CCCC3)C(N)=CC1N. The van der Waals surface area contributed by atoms with Gasteiger partial charge in [-0.3, -0.25) is 9.48 Å². The minimum atomic E-state index is -0.412. The molecule has 3 rings (SSSR count). The Balaban J connectivity index is 2.09. The fraction of sp³-hybridized carbons (Fsp3) is 0.429. The zero-order valence-corrected chi connectivity index (χ0v) is 12.5. The van der Waals surface area contributed by atoms with Crippen LogP contribution in [0.3, 0.4) is 0 Å². The fourth-order valence-electron chi connectivity index (χ4n) is 2.77. The highest BCUT2D eigenvalue weighted by Crippen LogP contribution is 2.24. The molecule has 1 aliphatic carbocycles. The number of allylic oxidation sites excluding steroid dienone is 1. The van der Waals surface area contributed by atoms with E-state index in [1.165, 1.54) is 7.11 Å². The molecule has 118 valence electrons. The van der Waals surface area contributed by atoms with Crippen LogP contribution >= 0.6 is 0 Å². The summed E-state index contributed by atoms with van der Waals surface area (Å²) in [6.45, 7) is 1.38. The van der Waals surface area contributed by atoms with Gasteiger partial charge < -0.3 is 21.9 Å². The molecule has 0 radical (unpaired) electrons. The number of rotatable bonds is 2. The van der Waals surface area contributed by atoms with Crippen LogP contribution in [0.2, 0.25) is 0 Å².